The van der Waals surface area contributed by atoms with Crippen molar-refractivity contribution in [2.24, 2.45) is 4.99 Å². The van der Waals surface area contributed by atoms with E-state index >= 15 is 0 Å². The number of benzene rings is 2. The number of hydrogen-bond acceptors (Lipinski definition) is 4. The summed E-state index contributed by atoms with van der Waals surface area (Å²) in [7, 11) is 0. The summed E-state index contributed by atoms with van der Waals surface area (Å²) in [5.74, 6) is 0.195. The van der Waals surface area contributed by atoms with E-state index in [-0.39, 0.29) is 5.78 Å². The molecular formula is C21H15N3O. The average molecular weight is 325 g/mol. The van der Waals surface area contributed by atoms with Crippen molar-refractivity contribution >= 4 is 29.1 Å². The number of nitrogens with zero attached hydrogens (tertiary/aromatic N) is 2. The second kappa shape index (κ2) is 6.53. The fourth-order valence-corrected chi connectivity index (χ4v) is 2.72. The topological polar surface area (TPSA) is 54.4 Å². The molecule has 4 rings (SSSR count). The van der Waals surface area contributed by atoms with Crippen molar-refractivity contribution in [3.63, 3.8) is 0 Å². The Balaban J connectivity index is 1.78. The lowest BCUT2D eigenvalue weighted by molar-refractivity contribution is 0.106. The highest BCUT2D eigenvalue weighted by atomic mass is 16.1. The van der Waals surface area contributed by atoms with Crippen LogP contribution in [0.5, 0.6) is 0 Å². The van der Waals surface area contributed by atoms with Crippen molar-refractivity contribution in [1.82, 2.24) is 10.3 Å². The highest BCUT2D eigenvalue weighted by molar-refractivity contribution is 6.47. The van der Waals surface area contributed by atoms with E-state index in [9.17, 15) is 4.79 Å². The van der Waals surface area contributed by atoms with Gasteiger partial charge in [0, 0.05) is 29.2 Å². The number of nitrogens with one attached hydrogen (secondary N) is 1. The minimum atomic E-state index is -0.129. The second-order valence-electron chi connectivity index (χ2n) is 5.64. The predicted octanol–water partition coefficient (Wildman–Crippen LogP) is 4.10. The van der Waals surface area contributed by atoms with Crippen molar-refractivity contribution in [2.75, 3.05) is 0 Å². The molecule has 0 spiro atoms. The predicted molar refractivity (Wildman–Crippen MR) is 99.6 cm³/mol. The van der Waals surface area contributed by atoms with Gasteiger partial charge in [0.1, 0.15) is 0 Å². The number of carbonyl (C=O) groups is 1. The molecule has 0 bridgehead atoms. The molecule has 1 aromatic heterocycles. The van der Waals surface area contributed by atoms with Crippen LogP contribution in [-0.4, -0.2) is 16.6 Å². The number of aliphatic imine (C=N–C) groups is 1. The minimum Gasteiger partial charge on any atom is -0.336 e. The molecular weight excluding hydrogens is 310 g/mol. The zero-order valence-corrected chi connectivity index (χ0v) is 13.4. The smallest absolute Gasteiger partial charge is 0.228 e. The molecule has 0 unspecified atom stereocenters. The maximum atomic E-state index is 12.8. The quantitative estimate of drug-likeness (QED) is 0.738. The molecule has 0 saturated carbocycles. The molecule has 0 atom stereocenters. The van der Waals surface area contributed by atoms with Gasteiger partial charge in [0.15, 0.2) is 5.84 Å². The number of amidine groups is 1. The molecule has 1 N–H and O–H groups in total. The van der Waals surface area contributed by atoms with E-state index in [1.165, 1.54) is 0 Å². The third-order valence-corrected chi connectivity index (χ3v) is 3.95. The zero-order chi connectivity index (χ0) is 17.1. The van der Waals surface area contributed by atoms with E-state index in [0.29, 0.717) is 11.4 Å². The Morgan fingerprint density at radius 3 is 2.40 bits per heavy atom. The summed E-state index contributed by atoms with van der Waals surface area (Å²) in [5, 5.41) is 3.20. The SMILES string of the molecule is O=C(C1=Nc2ccccc2C(=Cc2ccncc2)N1)c1ccccc1. The number of rotatable bonds is 3. The third-order valence-electron chi connectivity index (χ3n) is 3.95. The Kier molecular flexibility index (Phi) is 3.92. The Bertz CT molecular complexity index is 976. The number of para-hydroxylation sites is 1. The van der Waals surface area contributed by atoms with E-state index < -0.39 is 0 Å². The lowest BCUT2D eigenvalue weighted by atomic mass is 10.0. The molecule has 25 heavy (non-hydrogen) atoms. The number of Topliss-reactive ketones (excluding diaryl/α,β-unsaturated/α-hetero) is 1. The Labute approximate surface area is 145 Å². The van der Waals surface area contributed by atoms with Crippen molar-refractivity contribution < 1.29 is 4.79 Å². The highest BCUT2D eigenvalue weighted by Gasteiger charge is 2.21. The van der Waals surface area contributed by atoms with Gasteiger partial charge < -0.3 is 5.32 Å². The molecule has 0 aliphatic carbocycles. The lowest BCUT2D eigenvalue weighted by Crippen LogP contribution is -2.32. The largest absolute Gasteiger partial charge is 0.336 e. The van der Waals surface area contributed by atoms with Crippen LogP contribution in [0, 0.1) is 0 Å². The fraction of sp³-hybridized carbons (Fsp3) is 0. The molecule has 0 fully saturated rings. The molecule has 2 heterocycles. The molecule has 2 aromatic carbocycles. The van der Waals surface area contributed by atoms with Gasteiger partial charge in [-0.2, -0.15) is 0 Å². The molecule has 0 amide bonds. The van der Waals surface area contributed by atoms with Crippen LogP contribution in [0.15, 0.2) is 84.1 Å². The molecule has 3 aromatic rings. The summed E-state index contributed by atoms with van der Waals surface area (Å²) < 4.78 is 0. The van der Waals surface area contributed by atoms with Crippen LogP contribution in [0.3, 0.4) is 0 Å². The van der Waals surface area contributed by atoms with Crippen LogP contribution < -0.4 is 5.32 Å². The van der Waals surface area contributed by atoms with E-state index in [1.807, 2.05) is 60.7 Å². The number of ketones is 1. The maximum absolute atomic E-state index is 12.8. The summed E-state index contributed by atoms with van der Waals surface area (Å²) in [6.07, 6.45) is 5.48. The van der Waals surface area contributed by atoms with Crippen LogP contribution >= 0.6 is 0 Å². The van der Waals surface area contributed by atoms with Crippen LogP contribution in [0.1, 0.15) is 21.5 Å². The number of fused-ring (bicyclic) bond motifs is 1. The van der Waals surface area contributed by atoms with Crippen molar-refractivity contribution in [2.45, 2.75) is 0 Å². The summed E-state index contributed by atoms with van der Waals surface area (Å²) in [4.78, 5) is 21.3. The molecule has 4 heteroatoms. The van der Waals surface area contributed by atoms with E-state index in [0.717, 1.165) is 22.5 Å². The van der Waals surface area contributed by atoms with Crippen LogP contribution in [-0.2, 0) is 0 Å². The minimum absolute atomic E-state index is 0.129. The van der Waals surface area contributed by atoms with E-state index in [1.54, 1.807) is 24.5 Å². The Hall–Kier alpha value is -3.53. The first kappa shape index (κ1) is 15.0. The summed E-state index contributed by atoms with van der Waals surface area (Å²) in [6.45, 7) is 0. The standard InChI is InChI=1S/C21H15N3O/c25-20(16-6-2-1-3-7-16)21-23-18-9-5-4-8-17(18)19(24-21)14-15-10-12-22-13-11-15/h1-14H,(H,23,24). The normalized spacial score (nSPS) is 14.4. The summed E-state index contributed by atoms with van der Waals surface area (Å²) >= 11 is 0. The molecule has 4 nitrogen and oxygen atoms in total. The number of aromatic nitrogens is 1. The van der Waals surface area contributed by atoms with Crippen LogP contribution in [0.2, 0.25) is 0 Å². The number of hydrogen-bond donors (Lipinski definition) is 1. The first-order valence-electron chi connectivity index (χ1n) is 7.98. The van der Waals surface area contributed by atoms with Gasteiger partial charge in [0.2, 0.25) is 5.78 Å². The Morgan fingerprint density at radius 1 is 0.880 bits per heavy atom. The van der Waals surface area contributed by atoms with Gasteiger partial charge in [-0.1, -0.05) is 48.5 Å². The molecule has 0 saturated heterocycles. The maximum Gasteiger partial charge on any atom is 0.228 e. The van der Waals surface area contributed by atoms with Crippen molar-refractivity contribution in [3.8, 4) is 0 Å². The van der Waals surface area contributed by atoms with Gasteiger partial charge in [-0.05, 0) is 29.8 Å². The zero-order valence-electron chi connectivity index (χ0n) is 13.4. The van der Waals surface area contributed by atoms with E-state index in [4.69, 9.17) is 0 Å². The van der Waals surface area contributed by atoms with Gasteiger partial charge in [-0.3, -0.25) is 9.78 Å². The van der Waals surface area contributed by atoms with Crippen LogP contribution in [0.4, 0.5) is 5.69 Å². The average Bonchev–Trinajstić information content (AvgIpc) is 2.69. The third kappa shape index (κ3) is 3.10. The highest BCUT2D eigenvalue weighted by Crippen LogP contribution is 2.30. The summed E-state index contributed by atoms with van der Waals surface area (Å²) in [6, 6.07) is 20.8. The number of pyridine rings is 1. The van der Waals surface area contributed by atoms with Crippen molar-refractivity contribution in [3.05, 3.63) is 95.8 Å². The Morgan fingerprint density at radius 2 is 1.60 bits per heavy atom. The molecule has 1 aliphatic heterocycles. The van der Waals surface area contributed by atoms with Gasteiger partial charge in [-0.15, -0.1) is 0 Å². The molecule has 120 valence electrons. The van der Waals surface area contributed by atoms with Crippen molar-refractivity contribution in [1.29, 1.82) is 0 Å². The van der Waals surface area contributed by atoms with Gasteiger partial charge in [-0.25, -0.2) is 4.99 Å². The van der Waals surface area contributed by atoms with Gasteiger partial charge in [0.05, 0.1) is 5.69 Å². The fourth-order valence-electron chi connectivity index (χ4n) is 2.72. The van der Waals surface area contributed by atoms with Gasteiger partial charge in [0.25, 0.3) is 0 Å². The summed E-state index contributed by atoms with van der Waals surface area (Å²) in [5.41, 5.74) is 4.19. The van der Waals surface area contributed by atoms with Crippen LogP contribution in [0.25, 0.3) is 11.8 Å². The van der Waals surface area contributed by atoms with Gasteiger partial charge >= 0.3 is 0 Å². The first-order chi connectivity index (χ1) is 12.3. The number of carbonyl (C=O) groups excluding carboxylic acids is 1. The van der Waals surface area contributed by atoms with E-state index in [2.05, 4.69) is 15.3 Å². The lowest BCUT2D eigenvalue weighted by Gasteiger charge is -2.20. The molecule has 0 radical (unpaired) electrons. The second-order valence-corrected chi connectivity index (χ2v) is 5.64. The first-order valence-corrected chi connectivity index (χ1v) is 7.98. The molecule has 1 aliphatic rings. The monoisotopic (exact) mass is 325 g/mol.